The lowest BCUT2D eigenvalue weighted by Gasteiger charge is -2.32. The van der Waals surface area contributed by atoms with Gasteiger partial charge in [-0.25, -0.2) is 4.79 Å². The van der Waals surface area contributed by atoms with Crippen LogP contribution in [0.15, 0.2) is 18.2 Å². The van der Waals surface area contributed by atoms with E-state index in [1.807, 2.05) is 73.6 Å². The number of ether oxygens (including phenoxy) is 2. The molecule has 1 fully saturated rings. The first-order valence-electron chi connectivity index (χ1n) is 9.75. The quantitative estimate of drug-likeness (QED) is 0.719. The Kier molecular flexibility index (Phi) is 6.41. The molecule has 0 unspecified atom stereocenters. The molecule has 0 saturated carbocycles. The van der Waals surface area contributed by atoms with Crippen LogP contribution < -0.4 is 10.2 Å². The molecule has 0 atom stereocenters. The Bertz CT molecular complexity index is 695. The third kappa shape index (κ3) is 5.42. The number of likely N-dealkylation sites (N-methyl/N-ethyl adjacent to an activating group) is 1. The molecule has 1 aromatic carbocycles. The van der Waals surface area contributed by atoms with Crippen LogP contribution in [-0.4, -0.2) is 55.1 Å². The van der Waals surface area contributed by atoms with Crippen LogP contribution in [0.3, 0.4) is 0 Å². The highest BCUT2D eigenvalue weighted by Gasteiger charge is 2.51. The normalized spacial score (nSPS) is 18.1. The van der Waals surface area contributed by atoms with E-state index in [1.165, 1.54) is 4.90 Å². The Morgan fingerprint density at radius 3 is 2.21 bits per heavy atom. The Morgan fingerprint density at radius 2 is 1.71 bits per heavy atom. The second-order valence-electron chi connectivity index (χ2n) is 9.36. The van der Waals surface area contributed by atoms with E-state index in [0.29, 0.717) is 13.2 Å². The average molecular weight is 391 g/mol. The van der Waals surface area contributed by atoms with Crippen molar-refractivity contribution in [1.29, 1.82) is 0 Å². The number of aryl methyl sites for hydroxylation is 1. The Morgan fingerprint density at radius 1 is 1.14 bits per heavy atom. The van der Waals surface area contributed by atoms with Crippen LogP contribution in [0, 0.1) is 6.92 Å². The Balaban J connectivity index is 1.92. The first-order chi connectivity index (χ1) is 12.7. The molecule has 1 heterocycles. The van der Waals surface area contributed by atoms with Gasteiger partial charge in [0.05, 0.1) is 17.7 Å². The van der Waals surface area contributed by atoms with Gasteiger partial charge in [-0.3, -0.25) is 0 Å². The number of hydrogen-bond donors (Lipinski definition) is 0. The summed E-state index contributed by atoms with van der Waals surface area (Å²) in [5, 5.41) is 0. The van der Waals surface area contributed by atoms with Gasteiger partial charge < -0.3 is 23.7 Å². The monoisotopic (exact) mass is 391 g/mol. The summed E-state index contributed by atoms with van der Waals surface area (Å²) in [7, 11) is 1.31. The minimum atomic E-state index is -0.508. The van der Waals surface area contributed by atoms with Crippen molar-refractivity contribution in [2.45, 2.75) is 72.2 Å². The lowest BCUT2D eigenvalue weighted by molar-refractivity contribution is 0.00578. The second kappa shape index (κ2) is 7.95. The number of nitrogens with zero attached hydrogens (tertiary/aromatic N) is 1. The molecule has 0 bridgehead atoms. The molecule has 7 heteroatoms. The summed E-state index contributed by atoms with van der Waals surface area (Å²) in [5.41, 5.74) is 0.716. The zero-order valence-electron chi connectivity index (χ0n) is 18.7. The summed E-state index contributed by atoms with van der Waals surface area (Å²) in [6, 6.07) is 5.90. The molecular weight excluding hydrogens is 357 g/mol. The number of rotatable bonds is 5. The SMILES string of the molecule is Cc1cc(B2OC(C)(C)C(C)(C)O2)ccc1OCCN(C)C(=O)OC(C)(C)C. The van der Waals surface area contributed by atoms with Crippen molar-refractivity contribution in [3.63, 3.8) is 0 Å². The van der Waals surface area contributed by atoms with Gasteiger partial charge in [0, 0.05) is 7.05 Å². The molecule has 6 nitrogen and oxygen atoms in total. The van der Waals surface area contributed by atoms with E-state index >= 15 is 0 Å². The van der Waals surface area contributed by atoms with Crippen LogP contribution in [0.1, 0.15) is 54.0 Å². The maximum Gasteiger partial charge on any atom is 0.494 e. The Hall–Kier alpha value is -1.73. The van der Waals surface area contributed by atoms with Gasteiger partial charge in [-0.2, -0.15) is 0 Å². The number of amides is 1. The fourth-order valence-corrected chi connectivity index (χ4v) is 2.68. The minimum absolute atomic E-state index is 0.357. The van der Waals surface area contributed by atoms with Gasteiger partial charge in [-0.1, -0.05) is 12.1 Å². The number of hydrogen-bond acceptors (Lipinski definition) is 5. The standard InChI is InChI=1S/C21H34BNO5/c1-15-14-16(22-27-20(5,6)21(7,8)28-22)10-11-17(15)25-13-12-23(9)18(24)26-19(2,3)4/h10-11,14H,12-13H2,1-9H3. The van der Waals surface area contributed by atoms with E-state index in [-0.39, 0.29) is 17.3 Å². The van der Waals surface area contributed by atoms with Gasteiger partial charge >= 0.3 is 13.2 Å². The van der Waals surface area contributed by atoms with Crippen molar-refractivity contribution in [3.05, 3.63) is 23.8 Å². The van der Waals surface area contributed by atoms with Crippen molar-refractivity contribution in [3.8, 4) is 5.75 Å². The smallest absolute Gasteiger partial charge is 0.491 e. The van der Waals surface area contributed by atoms with Crippen molar-refractivity contribution >= 4 is 18.7 Å². The molecule has 1 saturated heterocycles. The van der Waals surface area contributed by atoms with E-state index in [0.717, 1.165) is 16.8 Å². The first kappa shape index (κ1) is 22.6. The van der Waals surface area contributed by atoms with Crippen molar-refractivity contribution < 1.29 is 23.6 Å². The molecule has 0 aromatic heterocycles. The van der Waals surface area contributed by atoms with E-state index in [9.17, 15) is 4.79 Å². The molecule has 0 spiro atoms. The maximum atomic E-state index is 12.0. The molecule has 28 heavy (non-hydrogen) atoms. The molecule has 0 aliphatic carbocycles. The van der Waals surface area contributed by atoms with Crippen LogP contribution in [0.25, 0.3) is 0 Å². The van der Waals surface area contributed by atoms with Gasteiger partial charge in [0.2, 0.25) is 0 Å². The lowest BCUT2D eigenvalue weighted by Crippen LogP contribution is -2.41. The molecule has 1 aliphatic rings. The largest absolute Gasteiger partial charge is 0.494 e. The van der Waals surface area contributed by atoms with Crippen molar-refractivity contribution in [1.82, 2.24) is 4.90 Å². The summed E-state index contributed by atoms with van der Waals surface area (Å²) >= 11 is 0. The number of carbonyl (C=O) groups excluding carboxylic acids is 1. The topological polar surface area (TPSA) is 57.2 Å². The lowest BCUT2D eigenvalue weighted by atomic mass is 9.78. The predicted molar refractivity (Wildman–Crippen MR) is 111 cm³/mol. The first-order valence-corrected chi connectivity index (χ1v) is 9.75. The van der Waals surface area contributed by atoms with Crippen molar-refractivity contribution in [2.24, 2.45) is 0 Å². The van der Waals surface area contributed by atoms with Crippen LogP contribution in [0.4, 0.5) is 4.79 Å². The summed E-state index contributed by atoms with van der Waals surface area (Å²) in [6.07, 6.45) is -0.357. The van der Waals surface area contributed by atoms with E-state index in [2.05, 4.69) is 0 Å². The zero-order valence-corrected chi connectivity index (χ0v) is 18.7. The van der Waals surface area contributed by atoms with Gasteiger partial charge in [-0.15, -0.1) is 0 Å². The maximum absolute atomic E-state index is 12.0. The van der Waals surface area contributed by atoms with Crippen LogP contribution in [0.2, 0.25) is 0 Å². The number of carbonyl (C=O) groups is 1. The van der Waals surface area contributed by atoms with E-state index in [1.54, 1.807) is 7.05 Å². The molecule has 156 valence electrons. The van der Waals surface area contributed by atoms with Crippen LogP contribution >= 0.6 is 0 Å². The summed E-state index contributed by atoms with van der Waals surface area (Å²) in [5.74, 6) is 0.776. The third-order valence-corrected chi connectivity index (χ3v) is 5.11. The fourth-order valence-electron chi connectivity index (χ4n) is 2.68. The molecular formula is C21H34BNO5. The molecule has 1 amide bonds. The molecule has 1 aromatic rings. The van der Waals surface area contributed by atoms with Gasteiger partial charge in [0.15, 0.2) is 0 Å². The van der Waals surface area contributed by atoms with Crippen LogP contribution in [0.5, 0.6) is 5.75 Å². The Labute approximate surface area is 169 Å². The molecule has 0 radical (unpaired) electrons. The highest BCUT2D eigenvalue weighted by atomic mass is 16.7. The molecule has 1 aliphatic heterocycles. The van der Waals surface area contributed by atoms with Gasteiger partial charge in [0.25, 0.3) is 0 Å². The predicted octanol–water partition coefficient (Wildman–Crippen LogP) is 3.54. The highest BCUT2D eigenvalue weighted by Crippen LogP contribution is 2.36. The van der Waals surface area contributed by atoms with Crippen LogP contribution in [-0.2, 0) is 14.0 Å². The number of benzene rings is 1. The second-order valence-corrected chi connectivity index (χ2v) is 9.36. The third-order valence-electron chi connectivity index (χ3n) is 5.11. The summed E-state index contributed by atoms with van der Waals surface area (Å²) < 4.78 is 23.4. The minimum Gasteiger partial charge on any atom is -0.491 e. The summed E-state index contributed by atoms with van der Waals surface area (Å²) in [6.45, 7) is 16.5. The highest BCUT2D eigenvalue weighted by molar-refractivity contribution is 6.62. The summed E-state index contributed by atoms with van der Waals surface area (Å²) in [4.78, 5) is 13.5. The van der Waals surface area contributed by atoms with Gasteiger partial charge in [0.1, 0.15) is 18.0 Å². The fraction of sp³-hybridized carbons (Fsp3) is 0.667. The van der Waals surface area contributed by atoms with Crippen molar-refractivity contribution in [2.75, 3.05) is 20.2 Å². The zero-order chi connectivity index (χ0) is 21.3. The molecule has 2 rings (SSSR count). The average Bonchev–Trinajstić information content (AvgIpc) is 2.75. The van der Waals surface area contributed by atoms with Gasteiger partial charge in [-0.05, 0) is 72.5 Å². The molecule has 0 N–H and O–H groups in total. The van der Waals surface area contributed by atoms with E-state index in [4.69, 9.17) is 18.8 Å². The van der Waals surface area contributed by atoms with E-state index < -0.39 is 12.7 Å².